The fourth-order valence-electron chi connectivity index (χ4n) is 1.17. The molecule has 0 aliphatic carbocycles. The van der Waals surface area contributed by atoms with E-state index in [9.17, 15) is 4.79 Å². The van der Waals surface area contributed by atoms with Gasteiger partial charge in [0.1, 0.15) is 0 Å². The number of aliphatic hydroxyl groups excluding tert-OH is 1. The first kappa shape index (κ1) is 9.93. The van der Waals surface area contributed by atoms with Gasteiger partial charge in [-0.15, -0.1) is 0 Å². The van der Waals surface area contributed by atoms with Gasteiger partial charge in [-0.3, -0.25) is 4.79 Å². The van der Waals surface area contributed by atoms with Crippen LogP contribution in [0.2, 0.25) is 0 Å². The minimum Gasteiger partial charge on any atom is -0.396 e. The van der Waals surface area contributed by atoms with E-state index in [1.54, 1.807) is 13.0 Å². The van der Waals surface area contributed by atoms with E-state index in [1.807, 2.05) is 25.1 Å². The first-order chi connectivity index (χ1) is 6.15. The molecule has 1 unspecified atom stereocenters. The Kier molecular flexibility index (Phi) is 3.20. The molecule has 1 atom stereocenters. The van der Waals surface area contributed by atoms with Gasteiger partial charge in [-0.25, -0.2) is 0 Å². The molecule has 0 heterocycles. The van der Waals surface area contributed by atoms with Gasteiger partial charge in [-0.2, -0.15) is 0 Å². The largest absolute Gasteiger partial charge is 0.396 e. The minimum absolute atomic E-state index is 0.00574. The van der Waals surface area contributed by atoms with Crippen LogP contribution >= 0.6 is 0 Å². The minimum atomic E-state index is -0.304. The van der Waals surface area contributed by atoms with Crippen molar-refractivity contribution in [2.24, 2.45) is 5.92 Å². The van der Waals surface area contributed by atoms with Gasteiger partial charge in [-0.05, 0) is 13.0 Å². The molecule has 1 N–H and O–H groups in total. The lowest BCUT2D eigenvalue weighted by molar-refractivity contribution is 0.0877. The highest BCUT2D eigenvalue weighted by molar-refractivity contribution is 5.97. The predicted molar refractivity (Wildman–Crippen MR) is 51.8 cm³/mol. The van der Waals surface area contributed by atoms with Gasteiger partial charge in [-0.1, -0.05) is 30.7 Å². The molecular formula is C11H14O2. The standard InChI is InChI=1S/C11H14O2/c1-8-4-3-5-10(6-8)11(13)9(2)7-12/h3-6,9,12H,7H2,1-2H3. The molecule has 2 nitrogen and oxygen atoms in total. The number of ketones is 1. The van der Waals surface area contributed by atoms with Crippen LogP contribution in [0.3, 0.4) is 0 Å². The topological polar surface area (TPSA) is 37.3 Å². The maximum atomic E-state index is 11.6. The molecule has 0 radical (unpaired) electrons. The summed E-state index contributed by atoms with van der Waals surface area (Å²) in [6, 6.07) is 7.42. The number of hydrogen-bond acceptors (Lipinski definition) is 2. The monoisotopic (exact) mass is 178 g/mol. The molecule has 0 saturated heterocycles. The molecule has 0 aliphatic rings. The number of carbonyl (C=O) groups excluding carboxylic acids is 1. The van der Waals surface area contributed by atoms with Crippen molar-refractivity contribution in [3.8, 4) is 0 Å². The van der Waals surface area contributed by atoms with Crippen LogP contribution in [0.15, 0.2) is 24.3 Å². The summed E-state index contributed by atoms with van der Waals surface area (Å²) in [5, 5.41) is 8.81. The SMILES string of the molecule is Cc1cccc(C(=O)C(C)CO)c1. The number of carbonyl (C=O) groups is 1. The molecule has 0 aliphatic heterocycles. The molecule has 1 rings (SSSR count). The van der Waals surface area contributed by atoms with Crippen LogP contribution in [-0.2, 0) is 0 Å². The summed E-state index contributed by atoms with van der Waals surface area (Å²) >= 11 is 0. The Morgan fingerprint density at radius 1 is 1.54 bits per heavy atom. The Hall–Kier alpha value is -1.15. The maximum Gasteiger partial charge on any atom is 0.167 e. The molecule has 1 aromatic carbocycles. The van der Waals surface area contributed by atoms with Crippen molar-refractivity contribution in [1.29, 1.82) is 0 Å². The van der Waals surface area contributed by atoms with E-state index in [1.165, 1.54) is 0 Å². The van der Waals surface area contributed by atoms with Crippen LogP contribution in [0.1, 0.15) is 22.8 Å². The Balaban J connectivity index is 2.89. The fourth-order valence-corrected chi connectivity index (χ4v) is 1.17. The lowest BCUT2D eigenvalue weighted by Gasteiger charge is -2.06. The fraction of sp³-hybridized carbons (Fsp3) is 0.364. The zero-order valence-corrected chi connectivity index (χ0v) is 7.95. The summed E-state index contributed by atoms with van der Waals surface area (Å²) in [5.74, 6) is -0.298. The highest BCUT2D eigenvalue weighted by Gasteiger charge is 2.13. The van der Waals surface area contributed by atoms with E-state index >= 15 is 0 Å². The maximum absolute atomic E-state index is 11.6. The predicted octanol–water partition coefficient (Wildman–Crippen LogP) is 1.81. The lowest BCUT2D eigenvalue weighted by atomic mass is 9.99. The zero-order valence-electron chi connectivity index (χ0n) is 7.95. The summed E-state index contributed by atoms with van der Waals surface area (Å²) in [4.78, 5) is 11.6. The molecule has 0 saturated carbocycles. The molecule has 0 amide bonds. The van der Waals surface area contributed by atoms with Gasteiger partial charge < -0.3 is 5.11 Å². The number of hydrogen-bond donors (Lipinski definition) is 1. The van der Waals surface area contributed by atoms with Gasteiger partial charge in [0.2, 0.25) is 0 Å². The van der Waals surface area contributed by atoms with Crippen molar-refractivity contribution in [3.63, 3.8) is 0 Å². The third-order valence-electron chi connectivity index (χ3n) is 2.02. The normalized spacial score (nSPS) is 12.5. The van der Waals surface area contributed by atoms with Crippen LogP contribution in [0.5, 0.6) is 0 Å². The van der Waals surface area contributed by atoms with Crippen LogP contribution in [0, 0.1) is 12.8 Å². The highest BCUT2D eigenvalue weighted by Crippen LogP contribution is 2.10. The molecule has 0 spiro atoms. The smallest absolute Gasteiger partial charge is 0.167 e. The van der Waals surface area contributed by atoms with E-state index in [4.69, 9.17) is 5.11 Å². The first-order valence-electron chi connectivity index (χ1n) is 4.37. The Labute approximate surface area is 78.2 Å². The van der Waals surface area contributed by atoms with Crippen molar-refractivity contribution in [2.75, 3.05) is 6.61 Å². The Morgan fingerprint density at radius 2 is 2.23 bits per heavy atom. The molecule has 70 valence electrons. The zero-order chi connectivity index (χ0) is 9.84. The van der Waals surface area contributed by atoms with Crippen molar-refractivity contribution in [1.82, 2.24) is 0 Å². The van der Waals surface area contributed by atoms with Crippen molar-refractivity contribution >= 4 is 5.78 Å². The third kappa shape index (κ3) is 2.39. The van der Waals surface area contributed by atoms with E-state index in [-0.39, 0.29) is 18.3 Å². The van der Waals surface area contributed by atoms with Gasteiger partial charge in [0.05, 0.1) is 6.61 Å². The van der Waals surface area contributed by atoms with Crippen molar-refractivity contribution < 1.29 is 9.90 Å². The molecule has 0 aromatic heterocycles. The van der Waals surface area contributed by atoms with Gasteiger partial charge in [0, 0.05) is 11.5 Å². The highest BCUT2D eigenvalue weighted by atomic mass is 16.3. The van der Waals surface area contributed by atoms with Gasteiger partial charge >= 0.3 is 0 Å². The summed E-state index contributed by atoms with van der Waals surface area (Å²) < 4.78 is 0. The van der Waals surface area contributed by atoms with Crippen molar-refractivity contribution in [2.45, 2.75) is 13.8 Å². The summed E-state index contributed by atoms with van der Waals surface area (Å²) in [6.07, 6.45) is 0. The van der Waals surface area contributed by atoms with Gasteiger partial charge in [0.15, 0.2) is 5.78 Å². The second-order valence-corrected chi connectivity index (χ2v) is 3.32. The van der Waals surface area contributed by atoms with Crippen LogP contribution < -0.4 is 0 Å². The third-order valence-corrected chi connectivity index (χ3v) is 2.02. The quantitative estimate of drug-likeness (QED) is 0.717. The summed E-state index contributed by atoms with van der Waals surface area (Å²) in [7, 11) is 0. The van der Waals surface area contributed by atoms with Gasteiger partial charge in [0.25, 0.3) is 0 Å². The van der Waals surface area contributed by atoms with E-state index in [2.05, 4.69) is 0 Å². The second kappa shape index (κ2) is 4.19. The number of benzene rings is 1. The number of Topliss-reactive ketones (excluding diaryl/α,β-unsaturated/α-hetero) is 1. The lowest BCUT2D eigenvalue weighted by Crippen LogP contribution is -2.14. The van der Waals surface area contributed by atoms with Crippen LogP contribution in [-0.4, -0.2) is 17.5 Å². The molecule has 13 heavy (non-hydrogen) atoms. The number of aliphatic hydroxyl groups is 1. The van der Waals surface area contributed by atoms with Crippen molar-refractivity contribution in [3.05, 3.63) is 35.4 Å². The Bertz CT molecular complexity index is 305. The average Bonchev–Trinajstić information content (AvgIpc) is 2.15. The van der Waals surface area contributed by atoms with Crippen LogP contribution in [0.25, 0.3) is 0 Å². The molecule has 0 fully saturated rings. The second-order valence-electron chi connectivity index (χ2n) is 3.32. The summed E-state index contributed by atoms with van der Waals surface area (Å²) in [5.41, 5.74) is 1.75. The molecular weight excluding hydrogens is 164 g/mol. The van der Waals surface area contributed by atoms with Crippen LogP contribution in [0.4, 0.5) is 0 Å². The number of rotatable bonds is 3. The molecule has 0 bridgehead atoms. The molecule has 2 heteroatoms. The van der Waals surface area contributed by atoms with E-state index < -0.39 is 0 Å². The average molecular weight is 178 g/mol. The first-order valence-corrected chi connectivity index (χ1v) is 4.37. The number of aryl methyl sites for hydroxylation is 1. The summed E-state index contributed by atoms with van der Waals surface area (Å²) in [6.45, 7) is 3.58. The Morgan fingerprint density at radius 3 is 2.77 bits per heavy atom. The van der Waals surface area contributed by atoms with E-state index in [0.29, 0.717) is 5.56 Å². The molecule has 1 aromatic rings. The van der Waals surface area contributed by atoms with E-state index in [0.717, 1.165) is 5.56 Å².